The molecule has 0 fully saturated rings. The summed E-state index contributed by atoms with van der Waals surface area (Å²) in [5.74, 6) is -0.413. The molecule has 0 spiro atoms. The first-order valence-corrected chi connectivity index (χ1v) is 6.67. The number of benzene rings is 1. The van der Waals surface area contributed by atoms with E-state index in [1.807, 2.05) is 39.8 Å². The molecule has 0 heterocycles. The SMILES string of the molecule is Cc1ccc(NCC(=O)NC(=O)NC(C)(C)C)cc1Cl. The molecule has 1 rings (SSSR count). The van der Waals surface area contributed by atoms with Crippen LogP contribution in [-0.4, -0.2) is 24.0 Å². The first-order chi connectivity index (χ1) is 9.17. The van der Waals surface area contributed by atoms with Crippen molar-refractivity contribution >= 4 is 29.2 Å². The second-order valence-electron chi connectivity index (χ2n) is 5.57. The summed E-state index contributed by atoms with van der Waals surface area (Å²) in [4.78, 5) is 23.1. The minimum absolute atomic E-state index is 0.00302. The lowest BCUT2D eigenvalue weighted by atomic mass is 10.1. The highest BCUT2D eigenvalue weighted by Gasteiger charge is 2.15. The number of nitrogens with one attached hydrogen (secondary N) is 3. The van der Waals surface area contributed by atoms with Gasteiger partial charge in [0, 0.05) is 16.2 Å². The molecule has 110 valence electrons. The third kappa shape index (κ3) is 5.93. The summed E-state index contributed by atoms with van der Waals surface area (Å²) < 4.78 is 0. The van der Waals surface area contributed by atoms with Gasteiger partial charge in [0.05, 0.1) is 6.54 Å². The van der Waals surface area contributed by atoms with Crippen LogP contribution in [-0.2, 0) is 4.79 Å². The molecule has 0 atom stereocenters. The molecule has 0 radical (unpaired) electrons. The number of carbonyl (C=O) groups is 2. The Morgan fingerprint density at radius 1 is 1.25 bits per heavy atom. The molecule has 0 aromatic heterocycles. The van der Waals surface area contributed by atoms with Crippen LogP contribution in [0.15, 0.2) is 18.2 Å². The van der Waals surface area contributed by atoms with Gasteiger partial charge in [0.15, 0.2) is 0 Å². The number of rotatable bonds is 3. The first kappa shape index (κ1) is 16.3. The van der Waals surface area contributed by atoms with Crippen LogP contribution in [0.5, 0.6) is 0 Å². The van der Waals surface area contributed by atoms with Gasteiger partial charge in [-0.05, 0) is 45.4 Å². The van der Waals surface area contributed by atoms with Crippen LogP contribution in [0.25, 0.3) is 0 Å². The summed E-state index contributed by atoms with van der Waals surface area (Å²) in [5, 5.41) is 8.42. The molecule has 0 aliphatic carbocycles. The number of amides is 3. The highest BCUT2D eigenvalue weighted by molar-refractivity contribution is 6.31. The number of hydrogen-bond donors (Lipinski definition) is 3. The van der Waals surface area contributed by atoms with Gasteiger partial charge in [-0.2, -0.15) is 0 Å². The lowest BCUT2D eigenvalue weighted by Gasteiger charge is -2.20. The van der Waals surface area contributed by atoms with Gasteiger partial charge < -0.3 is 10.6 Å². The van der Waals surface area contributed by atoms with E-state index in [9.17, 15) is 9.59 Å². The standard InChI is InChI=1S/C14H20ClN3O2/c1-9-5-6-10(7-11(9)15)16-8-12(19)17-13(20)18-14(2,3)4/h5-7,16H,8H2,1-4H3,(H2,17,18,19,20). The average molecular weight is 298 g/mol. The predicted octanol–water partition coefficient (Wildman–Crippen LogP) is 2.68. The fraction of sp³-hybridized carbons (Fsp3) is 0.429. The second kappa shape index (κ2) is 6.61. The van der Waals surface area contributed by atoms with E-state index < -0.39 is 11.9 Å². The topological polar surface area (TPSA) is 70.2 Å². The van der Waals surface area contributed by atoms with Gasteiger partial charge in [-0.3, -0.25) is 10.1 Å². The molecule has 0 bridgehead atoms. The summed E-state index contributed by atoms with van der Waals surface area (Å²) in [5.41, 5.74) is 1.31. The Balaban J connectivity index is 2.43. The molecule has 3 N–H and O–H groups in total. The average Bonchev–Trinajstić information content (AvgIpc) is 2.28. The highest BCUT2D eigenvalue weighted by atomic mass is 35.5. The van der Waals surface area contributed by atoms with Crippen LogP contribution in [0.3, 0.4) is 0 Å². The van der Waals surface area contributed by atoms with Crippen molar-refractivity contribution in [1.82, 2.24) is 10.6 Å². The molecule has 5 nitrogen and oxygen atoms in total. The minimum Gasteiger partial charge on any atom is -0.376 e. The quantitative estimate of drug-likeness (QED) is 0.803. The summed E-state index contributed by atoms with van der Waals surface area (Å²) in [6, 6.07) is 4.91. The Morgan fingerprint density at radius 3 is 2.45 bits per heavy atom. The van der Waals surface area contributed by atoms with Crippen LogP contribution in [0.4, 0.5) is 10.5 Å². The molecule has 0 aliphatic heterocycles. The smallest absolute Gasteiger partial charge is 0.321 e. The van der Waals surface area contributed by atoms with Gasteiger partial charge in [-0.15, -0.1) is 0 Å². The van der Waals surface area contributed by atoms with Crippen LogP contribution in [0.2, 0.25) is 5.02 Å². The van der Waals surface area contributed by atoms with Crippen molar-refractivity contribution in [2.24, 2.45) is 0 Å². The number of urea groups is 1. The zero-order valence-electron chi connectivity index (χ0n) is 12.1. The molecule has 6 heteroatoms. The van der Waals surface area contributed by atoms with Crippen molar-refractivity contribution in [2.75, 3.05) is 11.9 Å². The number of carbonyl (C=O) groups excluding carboxylic acids is 2. The molecule has 1 aromatic carbocycles. The third-order valence-corrected chi connectivity index (χ3v) is 2.77. The lowest BCUT2D eigenvalue weighted by Crippen LogP contribution is -2.49. The largest absolute Gasteiger partial charge is 0.376 e. The first-order valence-electron chi connectivity index (χ1n) is 6.29. The molecule has 3 amide bonds. The van der Waals surface area contributed by atoms with Crippen molar-refractivity contribution in [3.63, 3.8) is 0 Å². The maximum absolute atomic E-state index is 11.6. The zero-order chi connectivity index (χ0) is 15.3. The molecule has 0 aliphatic rings. The Kier molecular flexibility index (Phi) is 5.39. The van der Waals surface area contributed by atoms with Gasteiger partial charge in [0.2, 0.25) is 5.91 Å². The van der Waals surface area contributed by atoms with E-state index in [0.29, 0.717) is 5.02 Å². The molecular weight excluding hydrogens is 278 g/mol. The van der Waals surface area contributed by atoms with Crippen molar-refractivity contribution in [3.8, 4) is 0 Å². The molecular formula is C14H20ClN3O2. The fourth-order valence-corrected chi connectivity index (χ4v) is 1.61. The fourth-order valence-electron chi connectivity index (χ4n) is 1.43. The molecule has 0 unspecified atom stereocenters. The van der Waals surface area contributed by atoms with E-state index in [4.69, 9.17) is 11.6 Å². The molecule has 0 saturated carbocycles. The van der Waals surface area contributed by atoms with E-state index in [1.165, 1.54) is 0 Å². The summed E-state index contributed by atoms with van der Waals surface area (Å²) >= 11 is 5.98. The van der Waals surface area contributed by atoms with Gasteiger partial charge in [0.25, 0.3) is 0 Å². The number of aryl methyl sites for hydroxylation is 1. The van der Waals surface area contributed by atoms with Crippen LogP contribution >= 0.6 is 11.6 Å². The maximum Gasteiger partial charge on any atom is 0.321 e. The molecule has 1 aromatic rings. The van der Waals surface area contributed by atoms with Crippen molar-refractivity contribution in [2.45, 2.75) is 33.2 Å². The molecule has 0 saturated heterocycles. The van der Waals surface area contributed by atoms with Crippen molar-refractivity contribution in [3.05, 3.63) is 28.8 Å². The number of anilines is 1. The van der Waals surface area contributed by atoms with Gasteiger partial charge >= 0.3 is 6.03 Å². The Hall–Kier alpha value is -1.75. The zero-order valence-corrected chi connectivity index (χ0v) is 12.9. The Labute approximate surface area is 124 Å². The minimum atomic E-state index is -0.508. The van der Waals surface area contributed by atoms with E-state index in [0.717, 1.165) is 11.3 Å². The van der Waals surface area contributed by atoms with Crippen LogP contribution in [0, 0.1) is 6.92 Å². The van der Waals surface area contributed by atoms with Gasteiger partial charge in [0.1, 0.15) is 0 Å². The Bertz CT molecular complexity index is 510. The normalized spacial score (nSPS) is 10.8. The monoisotopic (exact) mass is 297 g/mol. The van der Waals surface area contributed by atoms with E-state index in [-0.39, 0.29) is 12.1 Å². The summed E-state index contributed by atoms with van der Waals surface area (Å²) in [6.07, 6.45) is 0. The maximum atomic E-state index is 11.6. The van der Waals surface area contributed by atoms with Gasteiger partial charge in [-0.25, -0.2) is 4.79 Å². The van der Waals surface area contributed by atoms with E-state index >= 15 is 0 Å². The summed E-state index contributed by atoms with van der Waals surface area (Å²) in [6.45, 7) is 7.41. The van der Waals surface area contributed by atoms with Crippen molar-refractivity contribution < 1.29 is 9.59 Å². The number of halogens is 1. The predicted molar refractivity (Wildman–Crippen MR) is 81.1 cm³/mol. The van der Waals surface area contributed by atoms with Crippen LogP contribution < -0.4 is 16.0 Å². The Morgan fingerprint density at radius 2 is 1.90 bits per heavy atom. The van der Waals surface area contributed by atoms with Gasteiger partial charge in [-0.1, -0.05) is 17.7 Å². The lowest BCUT2D eigenvalue weighted by molar-refractivity contribution is -0.118. The van der Waals surface area contributed by atoms with Crippen molar-refractivity contribution in [1.29, 1.82) is 0 Å². The van der Waals surface area contributed by atoms with E-state index in [2.05, 4.69) is 16.0 Å². The summed E-state index contributed by atoms with van der Waals surface area (Å²) in [7, 11) is 0. The van der Waals surface area contributed by atoms with E-state index in [1.54, 1.807) is 6.07 Å². The van der Waals surface area contributed by atoms with Crippen LogP contribution in [0.1, 0.15) is 26.3 Å². The number of hydrogen-bond acceptors (Lipinski definition) is 3. The third-order valence-electron chi connectivity index (χ3n) is 2.37. The second-order valence-corrected chi connectivity index (χ2v) is 5.98. The number of imide groups is 1. The molecule has 20 heavy (non-hydrogen) atoms. The highest BCUT2D eigenvalue weighted by Crippen LogP contribution is 2.19.